The molecular weight excluding hydrogens is 278 g/mol. The van der Waals surface area contributed by atoms with Gasteiger partial charge in [-0.2, -0.15) is 5.10 Å². The van der Waals surface area contributed by atoms with Crippen molar-refractivity contribution in [2.24, 2.45) is 0 Å². The first-order chi connectivity index (χ1) is 9.49. The fourth-order valence-electron chi connectivity index (χ4n) is 1.65. The number of carbonyl (C=O) groups excluding carboxylic acids is 1. The Morgan fingerprint density at radius 1 is 1.30 bits per heavy atom. The fraction of sp³-hybridized carbons (Fsp3) is 0.231. The number of rotatable bonds is 5. The number of carbonyl (C=O) groups is 1. The average Bonchev–Trinajstić information content (AvgIpc) is 2.83. The predicted octanol–water partition coefficient (Wildman–Crippen LogP) is 1.52. The molecule has 2 aromatic rings. The summed E-state index contributed by atoms with van der Waals surface area (Å²) < 4.78 is 24.0. The molecule has 0 unspecified atom stereocenters. The summed E-state index contributed by atoms with van der Waals surface area (Å²) >= 11 is 0. The van der Waals surface area contributed by atoms with Crippen molar-refractivity contribution in [2.45, 2.75) is 18.2 Å². The van der Waals surface area contributed by atoms with E-state index in [4.69, 9.17) is 0 Å². The Hall–Kier alpha value is -2.15. The Balaban J connectivity index is 1.95. The quantitative estimate of drug-likeness (QED) is 0.874. The number of aromatic nitrogens is 2. The molecule has 1 heterocycles. The van der Waals surface area contributed by atoms with E-state index in [0.29, 0.717) is 5.82 Å². The number of aryl methyl sites for hydroxylation is 1. The van der Waals surface area contributed by atoms with Crippen molar-refractivity contribution < 1.29 is 13.2 Å². The summed E-state index contributed by atoms with van der Waals surface area (Å²) in [6.45, 7) is 1.79. The average molecular weight is 293 g/mol. The van der Waals surface area contributed by atoms with Gasteiger partial charge in [-0.05, 0) is 19.1 Å². The molecule has 1 aromatic carbocycles. The molecule has 0 fully saturated rings. The van der Waals surface area contributed by atoms with Crippen LogP contribution in [0, 0.1) is 6.92 Å². The van der Waals surface area contributed by atoms with Crippen molar-refractivity contribution >= 4 is 21.6 Å². The standard InChI is InChI=1S/C13H15N3O3S/c1-10-9-14-16-13(10)15-12(17)7-8-20(18,19)11-5-3-2-4-6-11/h2-6,9H,7-8H2,1H3,(H2,14,15,16,17). The molecule has 0 spiro atoms. The largest absolute Gasteiger partial charge is 0.311 e. The van der Waals surface area contributed by atoms with Crippen LogP contribution in [-0.4, -0.2) is 30.3 Å². The minimum atomic E-state index is -3.43. The van der Waals surface area contributed by atoms with E-state index < -0.39 is 9.84 Å². The van der Waals surface area contributed by atoms with Crippen molar-refractivity contribution in [1.82, 2.24) is 10.2 Å². The number of aromatic amines is 1. The first-order valence-electron chi connectivity index (χ1n) is 6.06. The van der Waals surface area contributed by atoms with Gasteiger partial charge in [0.25, 0.3) is 0 Å². The number of hydrogen-bond donors (Lipinski definition) is 2. The van der Waals surface area contributed by atoms with Crippen molar-refractivity contribution in [3.05, 3.63) is 42.1 Å². The molecule has 20 heavy (non-hydrogen) atoms. The van der Waals surface area contributed by atoms with Crippen LogP contribution in [0.4, 0.5) is 5.82 Å². The Morgan fingerprint density at radius 3 is 2.60 bits per heavy atom. The van der Waals surface area contributed by atoms with Crippen LogP contribution in [0.15, 0.2) is 41.4 Å². The number of H-pyrrole nitrogens is 1. The van der Waals surface area contributed by atoms with E-state index in [0.717, 1.165) is 5.56 Å². The van der Waals surface area contributed by atoms with Gasteiger partial charge < -0.3 is 5.32 Å². The molecule has 0 aliphatic heterocycles. The highest BCUT2D eigenvalue weighted by atomic mass is 32.2. The van der Waals surface area contributed by atoms with Crippen molar-refractivity contribution in [3.8, 4) is 0 Å². The molecule has 2 N–H and O–H groups in total. The lowest BCUT2D eigenvalue weighted by atomic mass is 10.3. The molecule has 2 rings (SSSR count). The van der Waals surface area contributed by atoms with Gasteiger partial charge in [-0.1, -0.05) is 18.2 Å². The Bertz CT molecular complexity index is 693. The second-order valence-corrected chi connectivity index (χ2v) is 6.47. The second-order valence-electron chi connectivity index (χ2n) is 4.36. The van der Waals surface area contributed by atoms with E-state index in [1.54, 1.807) is 31.3 Å². The molecule has 0 bridgehead atoms. The zero-order valence-corrected chi connectivity index (χ0v) is 11.8. The summed E-state index contributed by atoms with van der Waals surface area (Å²) in [5.74, 6) is -0.0975. The lowest BCUT2D eigenvalue weighted by Crippen LogP contribution is -2.18. The van der Waals surface area contributed by atoms with Gasteiger partial charge in [0.1, 0.15) is 5.82 Å². The number of nitrogens with zero attached hydrogens (tertiary/aromatic N) is 1. The van der Waals surface area contributed by atoms with E-state index in [9.17, 15) is 13.2 Å². The first kappa shape index (κ1) is 14.3. The summed E-state index contributed by atoms with van der Waals surface area (Å²) in [5, 5.41) is 9.00. The molecule has 6 nitrogen and oxygen atoms in total. The van der Waals surface area contributed by atoms with Crippen molar-refractivity contribution in [1.29, 1.82) is 0 Å². The Labute approximate surface area is 117 Å². The Morgan fingerprint density at radius 2 is 2.00 bits per heavy atom. The number of hydrogen-bond acceptors (Lipinski definition) is 4. The maximum atomic E-state index is 12.0. The maximum absolute atomic E-state index is 12.0. The van der Waals surface area contributed by atoms with Crippen LogP contribution in [0.5, 0.6) is 0 Å². The van der Waals surface area contributed by atoms with Gasteiger partial charge in [-0.25, -0.2) is 8.42 Å². The molecule has 0 aliphatic carbocycles. The normalized spacial score (nSPS) is 11.2. The Kier molecular flexibility index (Phi) is 4.19. The van der Waals surface area contributed by atoms with Crippen molar-refractivity contribution in [3.63, 3.8) is 0 Å². The molecule has 0 atom stereocenters. The van der Waals surface area contributed by atoms with Gasteiger partial charge in [-0.15, -0.1) is 0 Å². The van der Waals surface area contributed by atoms with Crippen LogP contribution in [-0.2, 0) is 14.6 Å². The third-order valence-corrected chi connectivity index (χ3v) is 4.53. The van der Waals surface area contributed by atoms with Crippen molar-refractivity contribution in [2.75, 3.05) is 11.1 Å². The predicted molar refractivity (Wildman–Crippen MR) is 75.1 cm³/mol. The topological polar surface area (TPSA) is 91.9 Å². The van der Waals surface area contributed by atoms with Crippen LogP contribution in [0.25, 0.3) is 0 Å². The minimum absolute atomic E-state index is 0.102. The summed E-state index contributed by atoms with van der Waals surface area (Å²) in [4.78, 5) is 11.9. The fourth-order valence-corrected chi connectivity index (χ4v) is 2.91. The number of nitrogens with one attached hydrogen (secondary N) is 2. The molecule has 7 heteroatoms. The molecule has 1 amide bonds. The van der Waals surface area contributed by atoms with Gasteiger partial charge >= 0.3 is 0 Å². The maximum Gasteiger partial charge on any atom is 0.226 e. The van der Waals surface area contributed by atoms with E-state index in [1.807, 2.05) is 0 Å². The van der Waals surface area contributed by atoms with Crippen LogP contribution in [0.3, 0.4) is 0 Å². The van der Waals surface area contributed by atoms with Gasteiger partial charge in [-0.3, -0.25) is 9.89 Å². The number of anilines is 1. The summed E-state index contributed by atoms with van der Waals surface area (Å²) in [5.41, 5.74) is 0.796. The van der Waals surface area contributed by atoms with E-state index in [2.05, 4.69) is 15.5 Å². The second kappa shape index (κ2) is 5.87. The molecule has 0 saturated heterocycles. The van der Waals surface area contributed by atoms with Crippen LogP contribution < -0.4 is 5.32 Å². The van der Waals surface area contributed by atoms with E-state index in [1.165, 1.54) is 12.1 Å². The molecule has 1 aromatic heterocycles. The number of sulfone groups is 1. The lowest BCUT2D eigenvalue weighted by Gasteiger charge is -2.05. The van der Waals surface area contributed by atoms with Crippen LogP contribution in [0.1, 0.15) is 12.0 Å². The monoisotopic (exact) mass is 293 g/mol. The zero-order valence-electron chi connectivity index (χ0n) is 11.0. The highest BCUT2D eigenvalue weighted by molar-refractivity contribution is 7.91. The highest BCUT2D eigenvalue weighted by Gasteiger charge is 2.16. The molecule has 0 radical (unpaired) electrons. The third-order valence-electron chi connectivity index (χ3n) is 2.79. The molecule has 0 aliphatic rings. The summed E-state index contributed by atoms with van der Waals surface area (Å²) in [6.07, 6.45) is 1.48. The molecule has 106 valence electrons. The molecule has 0 saturated carbocycles. The van der Waals surface area contributed by atoms with E-state index in [-0.39, 0.29) is 23.0 Å². The molecular formula is C13H15N3O3S. The van der Waals surface area contributed by atoms with Gasteiger partial charge in [0.15, 0.2) is 9.84 Å². The summed E-state index contributed by atoms with van der Waals surface area (Å²) in [6, 6.07) is 8.09. The van der Waals surface area contributed by atoms with Crippen LogP contribution in [0.2, 0.25) is 0 Å². The summed E-state index contributed by atoms with van der Waals surface area (Å²) in [7, 11) is -3.43. The van der Waals surface area contributed by atoms with Gasteiger partial charge in [0, 0.05) is 12.0 Å². The highest BCUT2D eigenvalue weighted by Crippen LogP contribution is 2.12. The van der Waals surface area contributed by atoms with Gasteiger partial charge in [0.05, 0.1) is 16.8 Å². The smallest absolute Gasteiger partial charge is 0.226 e. The SMILES string of the molecule is Cc1cn[nH]c1NC(=O)CCS(=O)(=O)c1ccccc1. The lowest BCUT2D eigenvalue weighted by molar-refractivity contribution is -0.115. The van der Waals surface area contributed by atoms with Gasteiger partial charge in [0.2, 0.25) is 5.91 Å². The van der Waals surface area contributed by atoms with E-state index >= 15 is 0 Å². The first-order valence-corrected chi connectivity index (χ1v) is 7.72. The van der Waals surface area contributed by atoms with Crippen LogP contribution >= 0.6 is 0 Å². The number of benzene rings is 1. The number of amides is 1. The third kappa shape index (κ3) is 3.45. The zero-order chi connectivity index (χ0) is 14.6. The minimum Gasteiger partial charge on any atom is -0.311 e.